The van der Waals surface area contributed by atoms with Crippen molar-refractivity contribution in [2.45, 2.75) is 0 Å². The van der Waals surface area contributed by atoms with Crippen LogP contribution in [0.5, 0.6) is 5.75 Å². The van der Waals surface area contributed by atoms with Crippen LogP contribution in [0.25, 0.3) is 0 Å². The normalized spacial score (nSPS) is 9.71. The Labute approximate surface area is 99.7 Å². The zero-order chi connectivity index (χ0) is 12.1. The molecule has 1 N–H and O–H groups in total. The van der Waals surface area contributed by atoms with Gasteiger partial charge in [0.1, 0.15) is 0 Å². The monoisotopic (exact) mass is 227 g/mol. The third-order valence-corrected chi connectivity index (χ3v) is 2.35. The van der Waals surface area contributed by atoms with Crippen LogP contribution in [-0.2, 0) is 0 Å². The molecule has 0 aliphatic rings. The molecule has 0 heterocycles. The Kier molecular flexibility index (Phi) is 3.40. The average molecular weight is 227 g/mol. The topological polar surface area (TPSA) is 38.3 Å². The Balaban J connectivity index is 2.30. The molecule has 2 aromatic carbocycles. The highest BCUT2D eigenvalue weighted by molar-refractivity contribution is 5.59. The molecule has 2 rings (SSSR count). The van der Waals surface area contributed by atoms with Crippen molar-refractivity contribution in [1.29, 1.82) is 0 Å². The molecule has 0 spiro atoms. The summed E-state index contributed by atoms with van der Waals surface area (Å²) in [4.78, 5) is 11.5. The van der Waals surface area contributed by atoms with E-state index in [9.17, 15) is 4.79 Å². The van der Waals surface area contributed by atoms with Crippen LogP contribution in [0, 0.1) is 0 Å². The average Bonchev–Trinajstić information content (AvgIpc) is 2.53. The predicted molar refractivity (Wildman–Crippen MR) is 69.0 cm³/mol. The molecule has 3 nitrogen and oxygen atoms in total. The standard InChI is InChI=1S/C14H13NO2/c1-17-14-10-8-12(7-9-13(14)16)15-11-5-3-2-4-6-11/h2-10,15H,1H3. The minimum absolute atomic E-state index is 0.131. The van der Waals surface area contributed by atoms with Gasteiger partial charge in [0, 0.05) is 11.4 Å². The Hall–Kier alpha value is -2.29. The number of hydrogen-bond acceptors (Lipinski definition) is 3. The first kappa shape index (κ1) is 11.2. The number of anilines is 2. The summed E-state index contributed by atoms with van der Waals surface area (Å²) < 4.78 is 4.97. The van der Waals surface area contributed by atoms with Gasteiger partial charge in [0.2, 0.25) is 5.43 Å². The van der Waals surface area contributed by atoms with Crippen molar-refractivity contribution < 1.29 is 4.74 Å². The maximum absolute atomic E-state index is 11.5. The predicted octanol–water partition coefficient (Wildman–Crippen LogP) is 2.80. The van der Waals surface area contributed by atoms with E-state index >= 15 is 0 Å². The molecule has 3 heteroatoms. The Morgan fingerprint density at radius 3 is 2.24 bits per heavy atom. The molecule has 17 heavy (non-hydrogen) atoms. The molecule has 0 atom stereocenters. The van der Waals surface area contributed by atoms with E-state index in [-0.39, 0.29) is 5.43 Å². The number of para-hydroxylation sites is 1. The fraction of sp³-hybridized carbons (Fsp3) is 0.0714. The minimum Gasteiger partial charge on any atom is -0.493 e. The van der Waals surface area contributed by atoms with Gasteiger partial charge < -0.3 is 10.1 Å². The van der Waals surface area contributed by atoms with Gasteiger partial charge in [0.25, 0.3) is 0 Å². The highest BCUT2D eigenvalue weighted by atomic mass is 16.5. The fourth-order valence-corrected chi connectivity index (χ4v) is 1.49. The number of methoxy groups -OCH3 is 1. The maximum atomic E-state index is 11.5. The van der Waals surface area contributed by atoms with Crippen LogP contribution in [0.2, 0.25) is 0 Å². The molecule has 0 aliphatic carbocycles. The van der Waals surface area contributed by atoms with Crippen LogP contribution in [0.1, 0.15) is 0 Å². The van der Waals surface area contributed by atoms with Crippen molar-refractivity contribution in [2.24, 2.45) is 0 Å². The van der Waals surface area contributed by atoms with E-state index < -0.39 is 0 Å². The summed E-state index contributed by atoms with van der Waals surface area (Å²) in [5.41, 5.74) is 1.69. The van der Waals surface area contributed by atoms with Crippen molar-refractivity contribution in [3.63, 3.8) is 0 Å². The van der Waals surface area contributed by atoms with E-state index in [1.807, 2.05) is 36.4 Å². The van der Waals surface area contributed by atoms with E-state index in [4.69, 9.17) is 4.74 Å². The Morgan fingerprint density at radius 1 is 0.882 bits per heavy atom. The van der Waals surface area contributed by atoms with E-state index in [0.29, 0.717) is 5.75 Å². The summed E-state index contributed by atoms with van der Waals surface area (Å²) in [6.07, 6.45) is 0. The smallest absolute Gasteiger partial charge is 0.220 e. The van der Waals surface area contributed by atoms with Crippen molar-refractivity contribution in [2.75, 3.05) is 12.4 Å². The lowest BCUT2D eigenvalue weighted by molar-refractivity contribution is 0.411. The summed E-state index contributed by atoms with van der Waals surface area (Å²) in [6, 6.07) is 16.5. The number of hydrogen-bond donors (Lipinski definition) is 1. The van der Waals surface area contributed by atoms with Crippen molar-refractivity contribution in [3.8, 4) is 5.75 Å². The van der Waals surface area contributed by atoms with Gasteiger partial charge in [0.05, 0.1) is 7.11 Å². The van der Waals surface area contributed by atoms with Crippen LogP contribution >= 0.6 is 0 Å². The summed E-state index contributed by atoms with van der Waals surface area (Å²) in [7, 11) is 1.49. The van der Waals surface area contributed by atoms with E-state index in [2.05, 4.69) is 5.32 Å². The summed E-state index contributed by atoms with van der Waals surface area (Å²) >= 11 is 0. The SMILES string of the molecule is COc1ccc(Nc2ccccc2)ccc1=O. The molecular formula is C14H13NO2. The van der Waals surface area contributed by atoms with Crippen molar-refractivity contribution >= 4 is 11.4 Å². The molecule has 0 aromatic heterocycles. The lowest BCUT2D eigenvalue weighted by atomic mass is 10.3. The van der Waals surface area contributed by atoms with Crippen LogP contribution in [0.4, 0.5) is 11.4 Å². The van der Waals surface area contributed by atoms with Gasteiger partial charge in [-0.1, -0.05) is 18.2 Å². The molecule has 0 aliphatic heterocycles. The molecule has 0 bridgehead atoms. The second kappa shape index (κ2) is 5.16. The lowest BCUT2D eigenvalue weighted by Crippen LogP contribution is -1.98. The highest BCUT2D eigenvalue weighted by Gasteiger charge is 1.97. The molecule has 0 radical (unpaired) electrons. The van der Waals surface area contributed by atoms with E-state index in [1.54, 1.807) is 12.1 Å². The summed E-state index contributed by atoms with van der Waals surface area (Å²) in [6.45, 7) is 0. The second-order valence-electron chi connectivity index (χ2n) is 3.55. The van der Waals surface area contributed by atoms with E-state index in [1.165, 1.54) is 13.2 Å². The molecule has 0 fully saturated rings. The van der Waals surface area contributed by atoms with Gasteiger partial charge in [-0.05, 0) is 36.4 Å². The molecule has 2 aromatic rings. The first-order valence-electron chi connectivity index (χ1n) is 5.30. The minimum atomic E-state index is -0.131. The van der Waals surface area contributed by atoms with Gasteiger partial charge >= 0.3 is 0 Å². The van der Waals surface area contributed by atoms with E-state index in [0.717, 1.165) is 11.4 Å². The van der Waals surface area contributed by atoms with Gasteiger partial charge in [-0.2, -0.15) is 0 Å². The molecular weight excluding hydrogens is 214 g/mol. The summed E-state index contributed by atoms with van der Waals surface area (Å²) in [5, 5.41) is 3.21. The number of rotatable bonds is 3. The Bertz CT molecular complexity index is 552. The first-order chi connectivity index (χ1) is 8.29. The molecule has 86 valence electrons. The van der Waals surface area contributed by atoms with Crippen molar-refractivity contribution in [1.82, 2.24) is 0 Å². The number of ether oxygens (including phenoxy) is 1. The third-order valence-electron chi connectivity index (χ3n) is 2.35. The zero-order valence-electron chi connectivity index (χ0n) is 9.51. The quantitative estimate of drug-likeness (QED) is 0.876. The maximum Gasteiger partial charge on any atom is 0.220 e. The van der Waals surface area contributed by atoms with Gasteiger partial charge in [-0.3, -0.25) is 4.79 Å². The van der Waals surface area contributed by atoms with Crippen LogP contribution in [-0.4, -0.2) is 7.11 Å². The summed E-state index contributed by atoms with van der Waals surface area (Å²) in [5.74, 6) is 0.339. The molecule has 0 saturated carbocycles. The van der Waals surface area contributed by atoms with Crippen LogP contribution < -0.4 is 15.5 Å². The third kappa shape index (κ3) is 2.84. The van der Waals surface area contributed by atoms with Crippen molar-refractivity contribution in [3.05, 3.63) is 64.8 Å². The molecule has 0 saturated heterocycles. The van der Waals surface area contributed by atoms with Gasteiger partial charge in [-0.15, -0.1) is 0 Å². The van der Waals surface area contributed by atoms with Crippen LogP contribution in [0.15, 0.2) is 59.4 Å². The van der Waals surface area contributed by atoms with Gasteiger partial charge in [-0.25, -0.2) is 0 Å². The Morgan fingerprint density at radius 2 is 1.53 bits per heavy atom. The first-order valence-corrected chi connectivity index (χ1v) is 5.30. The zero-order valence-corrected chi connectivity index (χ0v) is 9.51. The molecule has 0 unspecified atom stereocenters. The van der Waals surface area contributed by atoms with Crippen LogP contribution in [0.3, 0.4) is 0 Å². The lowest BCUT2D eigenvalue weighted by Gasteiger charge is -2.03. The number of benzene rings is 1. The van der Waals surface area contributed by atoms with Gasteiger partial charge in [0.15, 0.2) is 5.75 Å². The fourth-order valence-electron chi connectivity index (χ4n) is 1.49. The second-order valence-corrected chi connectivity index (χ2v) is 3.55. The number of nitrogens with one attached hydrogen (secondary N) is 1. The molecule has 0 amide bonds. The highest BCUT2D eigenvalue weighted by Crippen LogP contribution is 2.15. The largest absolute Gasteiger partial charge is 0.493 e.